The van der Waals surface area contributed by atoms with Crippen LogP contribution in [0, 0.1) is 0 Å². The van der Waals surface area contributed by atoms with E-state index in [0.29, 0.717) is 13.0 Å². The Hall–Kier alpha value is -2.00. The van der Waals surface area contributed by atoms with E-state index >= 15 is 0 Å². The van der Waals surface area contributed by atoms with Crippen molar-refractivity contribution in [3.8, 4) is 5.75 Å². The first-order valence-corrected chi connectivity index (χ1v) is 5.99. The van der Waals surface area contributed by atoms with Crippen molar-refractivity contribution in [2.75, 3.05) is 11.9 Å². The van der Waals surface area contributed by atoms with E-state index in [1.54, 1.807) is 12.1 Å². The van der Waals surface area contributed by atoms with Crippen LogP contribution in [-0.2, 0) is 13.0 Å². The summed E-state index contributed by atoms with van der Waals surface area (Å²) in [7, 11) is 0. The topological polar surface area (TPSA) is 52.5 Å². The highest BCUT2D eigenvalue weighted by molar-refractivity contribution is 5.46. The van der Waals surface area contributed by atoms with Crippen LogP contribution in [0.25, 0.3) is 0 Å². The molecule has 0 spiro atoms. The Kier molecular flexibility index (Phi) is 4.20. The highest BCUT2D eigenvalue weighted by Gasteiger charge is 1.97. The maximum atomic E-state index is 9.19. The lowest BCUT2D eigenvalue weighted by Gasteiger charge is -2.08. The molecule has 94 valence electrons. The number of phenols is 1. The van der Waals surface area contributed by atoms with Crippen LogP contribution in [0.1, 0.15) is 11.1 Å². The monoisotopic (exact) mass is 243 g/mol. The Labute approximate surface area is 107 Å². The van der Waals surface area contributed by atoms with Crippen molar-refractivity contribution < 1.29 is 10.2 Å². The highest BCUT2D eigenvalue weighted by atomic mass is 16.3. The number of rotatable bonds is 5. The molecular weight excluding hydrogens is 226 g/mol. The van der Waals surface area contributed by atoms with Gasteiger partial charge < -0.3 is 15.5 Å². The van der Waals surface area contributed by atoms with Crippen LogP contribution >= 0.6 is 0 Å². The molecule has 18 heavy (non-hydrogen) atoms. The van der Waals surface area contributed by atoms with Crippen molar-refractivity contribution in [3.63, 3.8) is 0 Å². The molecule has 3 nitrogen and oxygen atoms in total. The third-order valence-corrected chi connectivity index (χ3v) is 2.76. The minimum absolute atomic E-state index is 0.168. The molecule has 0 bridgehead atoms. The van der Waals surface area contributed by atoms with Gasteiger partial charge in [-0.2, -0.15) is 0 Å². The zero-order valence-corrected chi connectivity index (χ0v) is 10.1. The van der Waals surface area contributed by atoms with Gasteiger partial charge in [0.2, 0.25) is 0 Å². The average molecular weight is 243 g/mol. The molecule has 0 saturated heterocycles. The van der Waals surface area contributed by atoms with Crippen LogP contribution in [0.4, 0.5) is 5.69 Å². The molecule has 2 aromatic rings. The predicted octanol–water partition coefficient (Wildman–Crippen LogP) is 2.54. The largest absolute Gasteiger partial charge is 0.508 e. The lowest BCUT2D eigenvalue weighted by Crippen LogP contribution is -2.00. The minimum atomic E-state index is 0.168. The molecule has 0 fully saturated rings. The molecule has 2 aromatic carbocycles. The van der Waals surface area contributed by atoms with E-state index in [2.05, 4.69) is 5.32 Å². The number of aromatic hydroxyl groups is 1. The molecular formula is C15H17NO2. The first-order valence-electron chi connectivity index (χ1n) is 5.99. The van der Waals surface area contributed by atoms with Crippen LogP contribution in [0.5, 0.6) is 5.75 Å². The molecule has 0 atom stereocenters. The number of benzene rings is 2. The van der Waals surface area contributed by atoms with Gasteiger partial charge in [0.05, 0.1) is 0 Å². The zero-order chi connectivity index (χ0) is 12.8. The molecule has 0 saturated carbocycles. The third kappa shape index (κ3) is 3.50. The molecule has 0 unspecified atom stereocenters. The summed E-state index contributed by atoms with van der Waals surface area (Å²) < 4.78 is 0. The molecule has 0 aliphatic rings. The second kappa shape index (κ2) is 6.07. The minimum Gasteiger partial charge on any atom is -0.508 e. The standard InChI is InChI=1S/C15H17NO2/c17-9-8-12-2-1-3-14(10-12)16-11-13-4-6-15(18)7-5-13/h1-7,10,16-18H,8-9,11H2. The van der Waals surface area contributed by atoms with Crippen molar-refractivity contribution >= 4 is 5.69 Å². The summed E-state index contributed by atoms with van der Waals surface area (Å²) in [4.78, 5) is 0. The van der Waals surface area contributed by atoms with Crippen LogP contribution in [0.2, 0.25) is 0 Å². The fourth-order valence-electron chi connectivity index (χ4n) is 1.78. The van der Waals surface area contributed by atoms with Crippen molar-refractivity contribution in [2.24, 2.45) is 0 Å². The number of aliphatic hydroxyl groups excluding tert-OH is 1. The van der Waals surface area contributed by atoms with Gasteiger partial charge in [-0.05, 0) is 41.8 Å². The van der Waals surface area contributed by atoms with Gasteiger partial charge in [0.1, 0.15) is 5.75 Å². The molecule has 0 radical (unpaired) electrons. The van der Waals surface area contributed by atoms with Crippen molar-refractivity contribution in [3.05, 3.63) is 59.7 Å². The number of hydrogen-bond acceptors (Lipinski definition) is 3. The molecule has 0 aliphatic carbocycles. The summed E-state index contributed by atoms with van der Waals surface area (Å²) >= 11 is 0. The Morgan fingerprint density at radius 1 is 0.944 bits per heavy atom. The number of anilines is 1. The summed E-state index contributed by atoms with van der Waals surface area (Å²) in [5.74, 6) is 0.281. The fraction of sp³-hybridized carbons (Fsp3) is 0.200. The predicted molar refractivity (Wildman–Crippen MR) is 72.7 cm³/mol. The van der Waals surface area contributed by atoms with E-state index in [-0.39, 0.29) is 12.4 Å². The van der Waals surface area contributed by atoms with Gasteiger partial charge in [-0.3, -0.25) is 0 Å². The SMILES string of the molecule is OCCc1cccc(NCc2ccc(O)cc2)c1. The van der Waals surface area contributed by atoms with E-state index in [1.165, 1.54) is 0 Å². The second-order valence-corrected chi connectivity index (χ2v) is 4.19. The van der Waals surface area contributed by atoms with Crippen molar-refractivity contribution in [1.29, 1.82) is 0 Å². The Morgan fingerprint density at radius 2 is 1.72 bits per heavy atom. The third-order valence-electron chi connectivity index (χ3n) is 2.76. The number of hydrogen-bond donors (Lipinski definition) is 3. The lowest BCUT2D eigenvalue weighted by molar-refractivity contribution is 0.299. The van der Waals surface area contributed by atoms with E-state index in [1.807, 2.05) is 36.4 Å². The van der Waals surface area contributed by atoms with Gasteiger partial charge >= 0.3 is 0 Å². The smallest absolute Gasteiger partial charge is 0.115 e. The summed E-state index contributed by atoms with van der Waals surface area (Å²) in [6.45, 7) is 0.879. The van der Waals surface area contributed by atoms with Crippen LogP contribution in [0.3, 0.4) is 0 Å². The summed E-state index contributed by atoms with van der Waals surface area (Å²) in [5, 5.41) is 21.4. The molecule has 0 heterocycles. The second-order valence-electron chi connectivity index (χ2n) is 4.19. The molecule has 3 N–H and O–H groups in total. The average Bonchev–Trinajstić information content (AvgIpc) is 2.39. The Morgan fingerprint density at radius 3 is 2.44 bits per heavy atom. The van der Waals surface area contributed by atoms with E-state index in [0.717, 1.165) is 16.8 Å². The van der Waals surface area contributed by atoms with Crippen LogP contribution in [-0.4, -0.2) is 16.8 Å². The first-order chi connectivity index (χ1) is 8.78. The fourth-order valence-corrected chi connectivity index (χ4v) is 1.78. The van der Waals surface area contributed by atoms with Gasteiger partial charge in [0.15, 0.2) is 0 Å². The van der Waals surface area contributed by atoms with Gasteiger partial charge in [-0.1, -0.05) is 24.3 Å². The summed E-state index contributed by atoms with van der Waals surface area (Å²) in [6, 6.07) is 15.2. The molecule has 3 heteroatoms. The number of nitrogens with one attached hydrogen (secondary N) is 1. The summed E-state index contributed by atoms with van der Waals surface area (Å²) in [5.41, 5.74) is 3.27. The van der Waals surface area contributed by atoms with Gasteiger partial charge in [-0.25, -0.2) is 0 Å². The highest BCUT2D eigenvalue weighted by Crippen LogP contribution is 2.14. The molecule has 0 aliphatic heterocycles. The van der Waals surface area contributed by atoms with E-state index < -0.39 is 0 Å². The Balaban J connectivity index is 1.97. The maximum absolute atomic E-state index is 9.19. The Bertz CT molecular complexity index is 494. The van der Waals surface area contributed by atoms with Gasteiger partial charge in [0, 0.05) is 18.8 Å². The number of aliphatic hydroxyl groups is 1. The quantitative estimate of drug-likeness (QED) is 0.756. The van der Waals surface area contributed by atoms with Crippen LogP contribution < -0.4 is 5.32 Å². The van der Waals surface area contributed by atoms with Gasteiger partial charge in [-0.15, -0.1) is 0 Å². The first kappa shape index (κ1) is 12.5. The van der Waals surface area contributed by atoms with E-state index in [9.17, 15) is 5.11 Å². The molecule has 0 aromatic heterocycles. The normalized spacial score (nSPS) is 10.3. The maximum Gasteiger partial charge on any atom is 0.115 e. The molecule has 2 rings (SSSR count). The van der Waals surface area contributed by atoms with Crippen molar-refractivity contribution in [2.45, 2.75) is 13.0 Å². The van der Waals surface area contributed by atoms with Crippen LogP contribution in [0.15, 0.2) is 48.5 Å². The van der Waals surface area contributed by atoms with E-state index in [4.69, 9.17) is 5.11 Å². The molecule has 0 amide bonds. The zero-order valence-electron chi connectivity index (χ0n) is 10.1. The number of phenolic OH excluding ortho intramolecular Hbond substituents is 1. The lowest BCUT2D eigenvalue weighted by atomic mass is 10.1. The van der Waals surface area contributed by atoms with Crippen molar-refractivity contribution in [1.82, 2.24) is 0 Å². The van der Waals surface area contributed by atoms with Gasteiger partial charge in [0.25, 0.3) is 0 Å². The summed E-state index contributed by atoms with van der Waals surface area (Å²) in [6.07, 6.45) is 0.675.